The number of ether oxygens (including phenoxy) is 1. The van der Waals surface area contributed by atoms with Crippen LogP contribution in [-0.4, -0.2) is 111 Å². The molecule has 0 aromatic heterocycles. The van der Waals surface area contributed by atoms with Gasteiger partial charge in [-0.1, -0.05) is 0 Å². The summed E-state index contributed by atoms with van der Waals surface area (Å²) in [5, 5.41) is 5.96. The van der Waals surface area contributed by atoms with Crippen LogP contribution in [-0.2, 0) is 14.3 Å². The van der Waals surface area contributed by atoms with Crippen LogP contribution in [0.15, 0.2) is 4.99 Å². The van der Waals surface area contributed by atoms with E-state index in [0.717, 1.165) is 32.1 Å². The Balaban J connectivity index is 1.72. The van der Waals surface area contributed by atoms with Crippen LogP contribution in [0.4, 0.5) is 0 Å². The first-order valence-electron chi connectivity index (χ1n) is 9.32. The molecule has 0 aliphatic carbocycles. The maximum Gasteiger partial charge on any atom is 0.239 e. The molecule has 2 rings (SSSR count). The normalized spacial score (nSPS) is 19.6. The van der Waals surface area contributed by atoms with Gasteiger partial charge < -0.3 is 25.2 Å². The topological polar surface area (TPSA) is 89.5 Å². The Morgan fingerprint density at radius 2 is 1.69 bits per heavy atom. The molecule has 0 spiro atoms. The van der Waals surface area contributed by atoms with Crippen molar-refractivity contribution in [2.45, 2.75) is 19.9 Å². The molecule has 0 aromatic rings. The van der Waals surface area contributed by atoms with Crippen LogP contribution in [0.1, 0.15) is 13.8 Å². The van der Waals surface area contributed by atoms with Gasteiger partial charge >= 0.3 is 0 Å². The zero-order chi connectivity index (χ0) is 18.9. The largest absolute Gasteiger partial charge is 0.378 e. The van der Waals surface area contributed by atoms with Gasteiger partial charge in [0.25, 0.3) is 0 Å². The highest BCUT2D eigenvalue weighted by Crippen LogP contribution is 2.05. The van der Waals surface area contributed by atoms with E-state index in [1.807, 2.05) is 18.7 Å². The summed E-state index contributed by atoms with van der Waals surface area (Å²) in [5.74, 6) is 0.855. The number of amides is 2. The number of carbonyl (C=O) groups is 2. The van der Waals surface area contributed by atoms with Crippen LogP contribution in [0.5, 0.6) is 0 Å². The van der Waals surface area contributed by atoms with Gasteiger partial charge in [0.05, 0.1) is 26.3 Å². The second kappa shape index (κ2) is 10.3. The Morgan fingerprint density at radius 3 is 2.27 bits per heavy atom. The van der Waals surface area contributed by atoms with E-state index in [0.29, 0.717) is 32.8 Å². The molecular weight excluding hydrogens is 336 g/mol. The molecular formula is C17H32N6O3. The number of hydrogen-bond acceptors (Lipinski definition) is 5. The number of morpholine rings is 1. The molecule has 2 fully saturated rings. The molecule has 2 aliphatic rings. The number of piperazine rings is 1. The molecule has 0 unspecified atom stereocenters. The van der Waals surface area contributed by atoms with Gasteiger partial charge in [-0.2, -0.15) is 0 Å². The molecule has 0 aromatic carbocycles. The van der Waals surface area contributed by atoms with Crippen molar-refractivity contribution in [2.75, 3.05) is 72.6 Å². The lowest BCUT2D eigenvalue weighted by Gasteiger charge is -2.37. The van der Waals surface area contributed by atoms with E-state index in [-0.39, 0.29) is 24.4 Å². The Bertz CT molecular complexity index is 497. The van der Waals surface area contributed by atoms with Crippen molar-refractivity contribution in [3.05, 3.63) is 0 Å². The maximum atomic E-state index is 12.3. The van der Waals surface area contributed by atoms with Gasteiger partial charge in [-0.05, 0) is 13.8 Å². The first-order valence-corrected chi connectivity index (χ1v) is 9.32. The van der Waals surface area contributed by atoms with E-state index in [2.05, 4.69) is 25.4 Å². The van der Waals surface area contributed by atoms with Gasteiger partial charge in [0.15, 0.2) is 5.96 Å². The molecule has 0 radical (unpaired) electrons. The number of nitrogens with zero attached hydrogens (tertiary/aromatic N) is 4. The molecule has 148 valence electrons. The summed E-state index contributed by atoms with van der Waals surface area (Å²) in [4.78, 5) is 34.6. The number of nitrogens with one attached hydrogen (secondary N) is 2. The van der Waals surface area contributed by atoms with Crippen LogP contribution >= 0.6 is 0 Å². The summed E-state index contributed by atoms with van der Waals surface area (Å²) >= 11 is 0. The summed E-state index contributed by atoms with van der Waals surface area (Å²) in [7, 11) is 1.72. The standard InChI is InChI=1S/C17H32N6O3/c1-14(2)20-15(24)12-19-17(18-3)23-6-4-21(5-7-23)13-16(25)22-8-10-26-11-9-22/h14H,4-13H2,1-3H3,(H,18,19)(H,20,24). The van der Waals surface area contributed by atoms with Gasteiger partial charge in [-0.3, -0.25) is 19.5 Å². The lowest BCUT2D eigenvalue weighted by Crippen LogP contribution is -2.55. The summed E-state index contributed by atoms with van der Waals surface area (Å²) in [6, 6.07) is 0.124. The first-order chi connectivity index (χ1) is 12.5. The Hall–Kier alpha value is -1.87. The zero-order valence-corrected chi connectivity index (χ0v) is 16.2. The Kier molecular flexibility index (Phi) is 8.11. The molecule has 2 aliphatic heterocycles. The number of rotatable bonds is 5. The Labute approximate surface area is 155 Å². The van der Waals surface area contributed by atoms with Gasteiger partial charge in [0, 0.05) is 52.4 Å². The third-order valence-corrected chi connectivity index (χ3v) is 4.46. The number of carbonyl (C=O) groups excluding carboxylic acids is 2. The smallest absolute Gasteiger partial charge is 0.239 e. The highest BCUT2D eigenvalue weighted by atomic mass is 16.5. The molecule has 2 saturated heterocycles. The molecule has 0 atom stereocenters. The predicted molar refractivity (Wildman–Crippen MR) is 100 cm³/mol. The SMILES string of the molecule is CN=C(NCC(=O)NC(C)C)N1CCN(CC(=O)N2CCOCC2)CC1. The number of aliphatic imine (C=N–C) groups is 1. The fourth-order valence-electron chi connectivity index (χ4n) is 3.09. The van der Waals surface area contributed by atoms with Gasteiger partial charge in [-0.25, -0.2) is 0 Å². The van der Waals surface area contributed by atoms with Gasteiger partial charge in [-0.15, -0.1) is 0 Å². The lowest BCUT2D eigenvalue weighted by atomic mass is 10.3. The van der Waals surface area contributed by atoms with Crippen LogP contribution in [0.3, 0.4) is 0 Å². The highest BCUT2D eigenvalue weighted by molar-refractivity contribution is 5.86. The number of hydrogen-bond donors (Lipinski definition) is 2. The molecule has 0 bridgehead atoms. The summed E-state index contributed by atoms with van der Waals surface area (Å²) < 4.78 is 5.29. The Morgan fingerprint density at radius 1 is 1.04 bits per heavy atom. The summed E-state index contributed by atoms with van der Waals surface area (Å²) in [5.41, 5.74) is 0. The molecule has 2 amide bonds. The average Bonchev–Trinajstić information content (AvgIpc) is 2.63. The molecule has 2 N–H and O–H groups in total. The predicted octanol–water partition coefficient (Wildman–Crippen LogP) is -1.44. The van der Waals surface area contributed by atoms with E-state index in [1.54, 1.807) is 7.05 Å². The zero-order valence-electron chi connectivity index (χ0n) is 16.2. The van der Waals surface area contributed by atoms with Crippen molar-refractivity contribution >= 4 is 17.8 Å². The van der Waals surface area contributed by atoms with E-state index in [9.17, 15) is 9.59 Å². The minimum absolute atomic E-state index is 0.0455. The van der Waals surface area contributed by atoms with E-state index < -0.39 is 0 Å². The number of guanidine groups is 1. The van der Waals surface area contributed by atoms with Crippen LogP contribution < -0.4 is 10.6 Å². The van der Waals surface area contributed by atoms with Crippen molar-refractivity contribution in [1.29, 1.82) is 0 Å². The van der Waals surface area contributed by atoms with Crippen LogP contribution in [0.25, 0.3) is 0 Å². The van der Waals surface area contributed by atoms with Crippen molar-refractivity contribution < 1.29 is 14.3 Å². The maximum absolute atomic E-state index is 12.3. The lowest BCUT2D eigenvalue weighted by molar-refractivity contribution is -0.136. The molecule has 9 heteroatoms. The minimum atomic E-state index is -0.0455. The van der Waals surface area contributed by atoms with Crippen molar-refractivity contribution in [2.24, 2.45) is 4.99 Å². The third-order valence-electron chi connectivity index (χ3n) is 4.46. The molecule has 26 heavy (non-hydrogen) atoms. The second-order valence-electron chi connectivity index (χ2n) is 6.88. The summed E-state index contributed by atoms with van der Waals surface area (Å²) in [6.45, 7) is 10.3. The first kappa shape index (κ1) is 20.4. The molecule has 9 nitrogen and oxygen atoms in total. The fourth-order valence-corrected chi connectivity index (χ4v) is 3.09. The fraction of sp³-hybridized carbons (Fsp3) is 0.824. The van der Waals surface area contributed by atoms with Gasteiger partial charge in [0.2, 0.25) is 11.8 Å². The second-order valence-corrected chi connectivity index (χ2v) is 6.88. The highest BCUT2D eigenvalue weighted by Gasteiger charge is 2.24. The third kappa shape index (κ3) is 6.45. The summed E-state index contributed by atoms with van der Waals surface area (Å²) in [6.07, 6.45) is 0. The van der Waals surface area contributed by atoms with Crippen molar-refractivity contribution in [3.8, 4) is 0 Å². The average molecular weight is 368 g/mol. The van der Waals surface area contributed by atoms with Crippen LogP contribution in [0.2, 0.25) is 0 Å². The van der Waals surface area contributed by atoms with Crippen LogP contribution in [0, 0.1) is 0 Å². The van der Waals surface area contributed by atoms with Crippen molar-refractivity contribution in [3.63, 3.8) is 0 Å². The quantitative estimate of drug-likeness (QED) is 0.457. The van der Waals surface area contributed by atoms with Gasteiger partial charge in [0.1, 0.15) is 0 Å². The van der Waals surface area contributed by atoms with E-state index >= 15 is 0 Å². The molecule has 0 saturated carbocycles. The monoisotopic (exact) mass is 368 g/mol. The van der Waals surface area contributed by atoms with E-state index in [4.69, 9.17) is 4.74 Å². The van der Waals surface area contributed by atoms with E-state index in [1.165, 1.54) is 0 Å². The molecule has 2 heterocycles. The minimum Gasteiger partial charge on any atom is -0.378 e. The van der Waals surface area contributed by atoms with Crippen molar-refractivity contribution in [1.82, 2.24) is 25.3 Å².